The molecule has 576 valence electrons. The van der Waals surface area contributed by atoms with Gasteiger partial charge in [-0.25, -0.2) is 0 Å². The van der Waals surface area contributed by atoms with Crippen LogP contribution in [0.5, 0.6) is 0 Å². The van der Waals surface area contributed by atoms with E-state index in [0.29, 0.717) is 0 Å². The molecule has 0 atom stereocenters. The fourth-order valence-corrected chi connectivity index (χ4v) is 16.3. The highest BCUT2D eigenvalue weighted by molar-refractivity contribution is 6.28. The predicted molar refractivity (Wildman–Crippen MR) is 424 cm³/mol. The first-order valence-corrected chi connectivity index (χ1v) is 42.5. The van der Waals surface area contributed by atoms with Crippen LogP contribution in [0.4, 0.5) is 0 Å². The van der Waals surface area contributed by atoms with Crippen molar-refractivity contribution in [3.63, 3.8) is 0 Å². The van der Waals surface area contributed by atoms with Crippen LogP contribution in [0, 0.1) is 0 Å². The van der Waals surface area contributed by atoms with Gasteiger partial charge in [-0.2, -0.15) is 0 Å². The third kappa shape index (κ3) is 40.7. The van der Waals surface area contributed by atoms with Gasteiger partial charge in [0.25, 0.3) is 0 Å². The van der Waals surface area contributed by atoms with Gasteiger partial charge in [0.1, 0.15) is 0 Å². The number of aryl methyl sites for hydroxylation is 4. The van der Waals surface area contributed by atoms with Crippen LogP contribution >= 0.6 is 0 Å². The molecule has 4 aromatic rings. The molecular weight excluding hydrogens is 1270 g/mol. The van der Waals surface area contributed by atoms with Crippen molar-refractivity contribution in [2.45, 2.75) is 424 Å². The zero-order valence-corrected chi connectivity index (χ0v) is 64.3. The number of carboxylic acids is 6. The van der Waals surface area contributed by atoms with E-state index in [1.165, 1.54) is 206 Å². The maximum Gasteiger partial charge on any atom is 0.303 e. The SMILES string of the molecule is O=C(O)CCCCCCCCCCCc1ccc2c3ccccc3c3c(CCCCCCCCCCCC(=O)O)c(CCCCCCCCCCCC(=O)O)c(CCCCCCCCCCCC(=O)O)c(CCCCCCCCCCCC(=O)O)c3c2c1CCCCCCCCCCCC(=O)O. The Hall–Kier alpha value is -5.52. The van der Waals surface area contributed by atoms with Gasteiger partial charge in [0.2, 0.25) is 0 Å². The van der Waals surface area contributed by atoms with Crippen LogP contribution in [0.2, 0.25) is 0 Å². The molecule has 4 rings (SSSR count). The molecule has 0 fully saturated rings. The van der Waals surface area contributed by atoms with E-state index in [0.717, 1.165) is 212 Å². The lowest BCUT2D eigenvalue weighted by atomic mass is 9.77. The molecule has 12 heteroatoms. The number of hydrogen-bond donors (Lipinski definition) is 6. The molecule has 0 radical (unpaired) electrons. The van der Waals surface area contributed by atoms with E-state index >= 15 is 0 Å². The number of carboxylic acid groups (broad SMARTS) is 6. The molecule has 0 spiro atoms. The minimum Gasteiger partial charge on any atom is -0.481 e. The summed E-state index contributed by atoms with van der Waals surface area (Å²) in [5.74, 6) is -4.20. The second-order valence-corrected chi connectivity index (χ2v) is 30.8. The number of unbranched alkanes of at least 4 members (excludes halogenated alkanes) is 48. The minimum absolute atomic E-state index is 0.260. The van der Waals surface area contributed by atoms with Gasteiger partial charge in [0.05, 0.1) is 0 Å². The summed E-state index contributed by atoms with van der Waals surface area (Å²) in [6, 6.07) is 14.5. The number of fused-ring (bicyclic) bond motifs is 6. The second kappa shape index (κ2) is 58.7. The Labute approximate surface area is 617 Å². The monoisotopic (exact) mass is 1420 g/mol. The molecule has 0 aliphatic rings. The molecule has 0 bridgehead atoms. The average molecular weight is 1420 g/mol. The van der Waals surface area contributed by atoms with Crippen molar-refractivity contribution in [2.75, 3.05) is 0 Å². The van der Waals surface area contributed by atoms with Gasteiger partial charge in [-0.15, -0.1) is 0 Å². The van der Waals surface area contributed by atoms with Gasteiger partial charge < -0.3 is 30.6 Å². The topological polar surface area (TPSA) is 224 Å². The zero-order valence-electron chi connectivity index (χ0n) is 64.3. The maximum absolute atomic E-state index is 11.2. The maximum atomic E-state index is 11.2. The summed E-state index contributed by atoms with van der Waals surface area (Å²) >= 11 is 0. The molecule has 0 saturated heterocycles. The molecule has 0 aliphatic carbocycles. The van der Waals surface area contributed by atoms with Crippen LogP contribution in [0.1, 0.15) is 419 Å². The largest absolute Gasteiger partial charge is 0.481 e. The van der Waals surface area contributed by atoms with E-state index in [9.17, 15) is 54.3 Å². The van der Waals surface area contributed by atoms with E-state index in [4.69, 9.17) is 5.11 Å². The second-order valence-electron chi connectivity index (χ2n) is 30.8. The summed E-state index contributed by atoms with van der Waals surface area (Å²) in [6.45, 7) is 0. The lowest BCUT2D eigenvalue weighted by molar-refractivity contribution is -0.138. The van der Waals surface area contributed by atoms with Crippen molar-refractivity contribution < 1.29 is 59.4 Å². The molecule has 0 unspecified atom stereocenters. The first-order chi connectivity index (χ1) is 49.8. The van der Waals surface area contributed by atoms with Gasteiger partial charge in [0.15, 0.2) is 0 Å². The average Bonchev–Trinajstić information content (AvgIpc) is 0.709. The lowest BCUT2D eigenvalue weighted by Crippen LogP contribution is -2.10. The quantitative estimate of drug-likeness (QED) is 0.0179. The third-order valence-corrected chi connectivity index (χ3v) is 22.0. The van der Waals surface area contributed by atoms with Crippen LogP contribution < -0.4 is 0 Å². The van der Waals surface area contributed by atoms with Crippen LogP contribution in [0.3, 0.4) is 0 Å². The van der Waals surface area contributed by atoms with Crippen molar-refractivity contribution in [1.82, 2.24) is 0 Å². The molecule has 0 aliphatic heterocycles. The number of benzene rings is 4. The molecule has 102 heavy (non-hydrogen) atoms. The van der Waals surface area contributed by atoms with Crippen molar-refractivity contribution >= 4 is 68.1 Å². The van der Waals surface area contributed by atoms with E-state index in [2.05, 4.69) is 36.4 Å². The van der Waals surface area contributed by atoms with Gasteiger partial charge in [0, 0.05) is 38.5 Å². The Balaban J connectivity index is 1.89. The van der Waals surface area contributed by atoms with E-state index in [1.807, 2.05) is 0 Å². The Morgan fingerprint density at radius 2 is 0.363 bits per heavy atom. The Kier molecular flexibility index (Phi) is 51.2. The normalized spacial score (nSPS) is 11.6. The molecule has 0 amide bonds. The van der Waals surface area contributed by atoms with E-state index < -0.39 is 35.8 Å². The van der Waals surface area contributed by atoms with Gasteiger partial charge >= 0.3 is 35.8 Å². The molecule has 4 aromatic carbocycles. The summed E-state index contributed by atoms with van der Waals surface area (Å²) < 4.78 is 0. The first kappa shape index (κ1) is 88.9. The third-order valence-electron chi connectivity index (χ3n) is 22.0. The molecule has 0 heterocycles. The Morgan fingerprint density at radius 1 is 0.176 bits per heavy atom. The van der Waals surface area contributed by atoms with Crippen LogP contribution in [-0.4, -0.2) is 66.5 Å². The van der Waals surface area contributed by atoms with E-state index in [1.54, 1.807) is 33.2 Å². The van der Waals surface area contributed by atoms with Crippen molar-refractivity contribution in [3.05, 3.63) is 69.8 Å². The van der Waals surface area contributed by atoms with E-state index in [-0.39, 0.29) is 38.5 Å². The smallest absolute Gasteiger partial charge is 0.303 e. The molecular formula is C90H144O12. The molecule has 0 aromatic heterocycles. The van der Waals surface area contributed by atoms with Gasteiger partial charge in [-0.3, -0.25) is 28.8 Å². The number of carbonyl (C=O) groups is 6. The minimum atomic E-state index is -0.700. The van der Waals surface area contributed by atoms with Gasteiger partial charge in [-0.05, 0) is 181 Å². The number of hydrogen-bond acceptors (Lipinski definition) is 6. The zero-order chi connectivity index (χ0) is 73.3. The van der Waals surface area contributed by atoms with Crippen molar-refractivity contribution in [3.8, 4) is 0 Å². The van der Waals surface area contributed by atoms with Crippen LogP contribution in [0.15, 0.2) is 36.4 Å². The lowest BCUT2D eigenvalue weighted by Gasteiger charge is -2.27. The van der Waals surface area contributed by atoms with Gasteiger partial charge in [-0.1, -0.05) is 306 Å². The molecule has 0 saturated carbocycles. The fourth-order valence-electron chi connectivity index (χ4n) is 16.3. The summed E-state index contributed by atoms with van der Waals surface area (Å²) in [6.07, 6.45) is 67.9. The predicted octanol–water partition coefficient (Wildman–Crippen LogP) is 26.3. The number of aliphatic carboxylic acids is 6. The summed E-state index contributed by atoms with van der Waals surface area (Å²) in [5.41, 5.74) is 9.70. The molecule has 6 N–H and O–H groups in total. The highest BCUT2D eigenvalue weighted by Crippen LogP contribution is 2.46. The highest BCUT2D eigenvalue weighted by Gasteiger charge is 2.26. The van der Waals surface area contributed by atoms with Crippen molar-refractivity contribution in [1.29, 1.82) is 0 Å². The fraction of sp³-hybridized carbons (Fsp3) is 0.733. The van der Waals surface area contributed by atoms with Crippen LogP contribution in [0.25, 0.3) is 32.3 Å². The molecule has 12 nitrogen and oxygen atoms in total. The Morgan fingerprint density at radius 3 is 0.627 bits per heavy atom. The number of rotatable bonds is 72. The standard InChI is InChI=1S/C90H144O12/c91-82(92)65-49-37-25-13-1-7-19-31-43-57-73-71-72-81-77-61-55-56-64-79(77)89-78(62-47-35-23-11-5-17-29-41-53-69-86(99)100)75(59-45-33-21-9-3-15-27-39-51-67-84(95)96)76(60-46-34-22-10-4-16-28-40-52-68-85(97)98)80(63-48-36-24-12-6-18-30-42-54-70-87(101)102)90(89)88(81)74(73)58-44-32-20-8-2-14-26-38-50-66-83(93)94/h55-56,61,64,71-72H,1-54,57-60,62-63,65-70H2,(H,91,92)(H,93,94)(H,95,96)(H,97,98)(H,99,100)(H,101,102). The summed E-state index contributed by atoms with van der Waals surface area (Å²) in [4.78, 5) is 67.0. The highest BCUT2D eigenvalue weighted by atomic mass is 16.4. The van der Waals surface area contributed by atoms with Crippen molar-refractivity contribution in [2.24, 2.45) is 0 Å². The summed E-state index contributed by atoms with van der Waals surface area (Å²) in [7, 11) is 0. The Bertz CT molecular complexity index is 2900. The van der Waals surface area contributed by atoms with Crippen LogP contribution in [-0.2, 0) is 67.3 Å². The first-order valence-electron chi connectivity index (χ1n) is 42.5. The summed E-state index contributed by atoms with van der Waals surface area (Å²) in [5, 5.41) is 64.0.